The van der Waals surface area contributed by atoms with E-state index in [-0.39, 0.29) is 5.84 Å². The van der Waals surface area contributed by atoms with Crippen LogP contribution >= 0.6 is 11.6 Å². The molecule has 0 aliphatic rings. The van der Waals surface area contributed by atoms with E-state index >= 15 is 0 Å². The molecule has 0 fully saturated rings. The number of nitrogens with zero attached hydrogens (tertiary/aromatic N) is 2. The van der Waals surface area contributed by atoms with Crippen LogP contribution < -0.4 is 0 Å². The van der Waals surface area contributed by atoms with Crippen LogP contribution in [0.5, 0.6) is 0 Å². The predicted molar refractivity (Wildman–Crippen MR) is 149 cm³/mol. The van der Waals surface area contributed by atoms with Crippen LogP contribution in [0.25, 0.3) is 33.0 Å². The zero-order chi connectivity index (χ0) is 24.0. The third-order valence-corrected chi connectivity index (χ3v) is 5.98. The monoisotopic (exact) mass is 471 g/mol. The molecule has 0 spiro atoms. The lowest BCUT2D eigenvalue weighted by Crippen LogP contribution is -2.04. The molecule has 35 heavy (non-hydrogen) atoms. The lowest BCUT2D eigenvalue weighted by Gasteiger charge is -2.07. The largest absolute Gasteiger partial charge is 0.282 e. The molecule has 0 heterocycles. The molecule has 5 aromatic rings. The van der Waals surface area contributed by atoms with Crippen molar-refractivity contribution >= 4 is 39.7 Å². The van der Waals surface area contributed by atoms with Gasteiger partial charge < -0.3 is 0 Å². The van der Waals surface area contributed by atoms with Gasteiger partial charge in [0.2, 0.25) is 0 Å². The van der Waals surface area contributed by atoms with Gasteiger partial charge in [-0.25, -0.2) is 9.98 Å². The first-order valence-electron chi connectivity index (χ1n) is 11.3. The van der Waals surface area contributed by atoms with Crippen LogP contribution in [0, 0.1) is 5.41 Å². The first kappa shape index (κ1) is 22.5. The summed E-state index contributed by atoms with van der Waals surface area (Å²) >= 11 is 5.79. The molecule has 0 aliphatic carbocycles. The van der Waals surface area contributed by atoms with E-state index in [9.17, 15) is 0 Å². The number of aliphatic imine (C=N–C) groups is 2. The minimum atomic E-state index is 0.126. The average molecular weight is 472 g/mol. The minimum Gasteiger partial charge on any atom is -0.282 e. The Labute approximate surface area is 209 Å². The van der Waals surface area contributed by atoms with Crippen LogP contribution in [0.2, 0.25) is 0 Å². The van der Waals surface area contributed by atoms with Crippen LogP contribution in [0.15, 0.2) is 131 Å². The number of nitrogens with one attached hydrogen (secondary N) is 1. The number of benzene rings is 5. The van der Waals surface area contributed by atoms with Crippen molar-refractivity contribution in [3.05, 3.63) is 132 Å². The summed E-state index contributed by atoms with van der Waals surface area (Å²) in [7, 11) is 0. The van der Waals surface area contributed by atoms with Crippen molar-refractivity contribution in [2.45, 2.75) is 0 Å². The first-order chi connectivity index (χ1) is 17.2. The summed E-state index contributed by atoms with van der Waals surface area (Å²) in [5.74, 6) is 0.526. The van der Waals surface area contributed by atoms with Crippen molar-refractivity contribution in [3.63, 3.8) is 0 Å². The fourth-order valence-corrected chi connectivity index (χ4v) is 4.11. The normalized spacial score (nSPS) is 11.7. The molecule has 0 aliphatic heterocycles. The number of amidine groups is 2. The fraction of sp³-hybridized carbons (Fsp3) is 0. The standard InChI is InChI=1S/C31H22ClN3/c32-21-34-31(29-19-16-23-8-4-5-9-28(23)20-29)35-30(33)27-17-14-26(15-18-27)25-12-10-24(11-13-25)22-6-2-1-3-7-22/h1-21,33H. The lowest BCUT2D eigenvalue weighted by molar-refractivity contribution is 1.40. The zero-order valence-corrected chi connectivity index (χ0v) is 19.7. The second kappa shape index (κ2) is 10.3. The van der Waals surface area contributed by atoms with Crippen LogP contribution in [0.3, 0.4) is 0 Å². The molecule has 168 valence electrons. The quantitative estimate of drug-likeness (QED) is 0.203. The summed E-state index contributed by atoms with van der Waals surface area (Å²) in [5, 5.41) is 10.8. The van der Waals surface area contributed by atoms with E-state index in [0.29, 0.717) is 11.4 Å². The van der Waals surface area contributed by atoms with E-state index in [1.807, 2.05) is 78.9 Å². The molecule has 1 N–H and O–H groups in total. The minimum absolute atomic E-state index is 0.126. The Morgan fingerprint density at radius 1 is 0.571 bits per heavy atom. The van der Waals surface area contributed by atoms with E-state index in [1.165, 1.54) is 16.8 Å². The number of rotatable bonds is 4. The summed E-state index contributed by atoms with van der Waals surface area (Å²) < 4.78 is 0. The van der Waals surface area contributed by atoms with E-state index < -0.39 is 0 Å². The van der Waals surface area contributed by atoms with E-state index in [1.54, 1.807) is 0 Å². The molecule has 5 aromatic carbocycles. The zero-order valence-electron chi connectivity index (χ0n) is 18.9. The van der Waals surface area contributed by atoms with Crippen molar-refractivity contribution < 1.29 is 0 Å². The Bertz CT molecular complexity index is 1530. The van der Waals surface area contributed by atoms with Gasteiger partial charge in [0.25, 0.3) is 0 Å². The number of hydrogen-bond donors (Lipinski definition) is 1. The highest BCUT2D eigenvalue weighted by Crippen LogP contribution is 2.25. The summed E-state index contributed by atoms with van der Waals surface area (Å²) in [6.45, 7) is 0. The number of halogens is 1. The highest BCUT2D eigenvalue weighted by atomic mass is 35.5. The van der Waals surface area contributed by atoms with Crippen molar-refractivity contribution in [3.8, 4) is 22.3 Å². The average Bonchev–Trinajstić information content (AvgIpc) is 2.93. The molecular weight excluding hydrogens is 450 g/mol. The first-order valence-corrected chi connectivity index (χ1v) is 11.7. The van der Waals surface area contributed by atoms with Crippen molar-refractivity contribution in [2.75, 3.05) is 0 Å². The van der Waals surface area contributed by atoms with Crippen molar-refractivity contribution in [2.24, 2.45) is 9.98 Å². The van der Waals surface area contributed by atoms with E-state index in [2.05, 4.69) is 52.4 Å². The summed E-state index contributed by atoms with van der Waals surface area (Å²) in [6.07, 6.45) is 0. The van der Waals surface area contributed by atoms with Crippen LogP contribution in [-0.4, -0.2) is 17.3 Å². The maximum atomic E-state index is 8.54. The molecule has 0 saturated heterocycles. The van der Waals surface area contributed by atoms with Gasteiger partial charge in [0.1, 0.15) is 0 Å². The summed E-state index contributed by atoms with van der Waals surface area (Å²) in [5.41, 5.74) is 7.28. The topological polar surface area (TPSA) is 48.6 Å². The molecule has 3 nitrogen and oxygen atoms in total. The Morgan fingerprint density at radius 2 is 1.09 bits per heavy atom. The van der Waals surface area contributed by atoms with Crippen LogP contribution in [0.4, 0.5) is 0 Å². The predicted octanol–water partition coefficient (Wildman–Crippen LogP) is 8.21. The molecular formula is C31H22ClN3. The molecule has 0 unspecified atom stereocenters. The smallest absolute Gasteiger partial charge is 0.162 e. The summed E-state index contributed by atoms with van der Waals surface area (Å²) in [6, 6.07) is 40.7. The lowest BCUT2D eigenvalue weighted by atomic mass is 9.99. The van der Waals surface area contributed by atoms with Gasteiger partial charge in [0.05, 0.1) is 5.67 Å². The van der Waals surface area contributed by atoms with Gasteiger partial charge in [-0.1, -0.05) is 127 Å². The Morgan fingerprint density at radius 3 is 1.71 bits per heavy atom. The summed E-state index contributed by atoms with van der Waals surface area (Å²) in [4.78, 5) is 8.69. The van der Waals surface area contributed by atoms with Gasteiger partial charge in [-0.15, -0.1) is 0 Å². The Balaban J connectivity index is 1.38. The van der Waals surface area contributed by atoms with Gasteiger partial charge in [-0.2, -0.15) is 0 Å². The third kappa shape index (κ3) is 5.11. The number of hydrogen-bond acceptors (Lipinski definition) is 1. The molecule has 5 rings (SSSR count). The van der Waals surface area contributed by atoms with Gasteiger partial charge >= 0.3 is 0 Å². The second-order valence-corrected chi connectivity index (χ2v) is 8.29. The molecule has 0 bridgehead atoms. The molecule has 0 amide bonds. The highest BCUT2D eigenvalue weighted by molar-refractivity contribution is 6.57. The van der Waals surface area contributed by atoms with E-state index in [0.717, 1.165) is 27.5 Å². The molecule has 4 heteroatoms. The van der Waals surface area contributed by atoms with Crippen molar-refractivity contribution in [1.29, 1.82) is 5.41 Å². The molecule has 0 atom stereocenters. The maximum absolute atomic E-state index is 8.54. The van der Waals surface area contributed by atoms with Gasteiger partial charge in [-0.3, -0.25) is 5.41 Å². The maximum Gasteiger partial charge on any atom is 0.162 e. The number of fused-ring (bicyclic) bond motifs is 1. The third-order valence-electron chi connectivity index (χ3n) is 5.88. The molecule has 0 saturated carbocycles. The van der Waals surface area contributed by atoms with Gasteiger partial charge in [0, 0.05) is 11.1 Å². The Kier molecular flexibility index (Phi) is 6.60. The fourth-order valence-electron chi connectivity index (χ4n) is 4.02. The van der Waals surface area contributed by atoms with Crippen LogP contribution in [-0.2, 0) is 0 Å². The van der Waals surface area contributed by atoms with Gasteiger partial charge in [0.15, 0.2) is 11.7 Å². The molecule has 0 aromatic heterocycles. The van der Waals surface area contributed by atoms with E-state index in [4.69, 9.17) is 17.0 Å². The van der Waals surface area contributed by atoms with Gasteiger partial charge in [-0.05, 0) is 39.1 Å². The second-order valence-electron chi connectivity index (χ2n) is 8.09. The SMILES string of the molecule is N=C(N=C(N=CCl)c1ccc2ccccc2c1)c1ccc(-c2ccc(-c3ccccc3)cc2)cc1. The van der Waals surface area contributed by atoms with Crippen LogP contribution in [0.1, 0.15) is 11.1 Å². The Hall–Kier alpha value is -4.34. The molecule has 0 radical (unpaired) electrons. The highest BCUT2D eigenvalue weighted by Gasteiger charge is 2.08. The van der Waals surface area contributed by atoms with Crippen molar-refractivity contribution in [1.82, 2.24) is 0 Å².